The molecule has 1 aromatic rings. The van der Waals surface area contributed by atoms with E-state index >= 15 is 0 Å². The van der Waals surface area contributed by atoms with Crippen LogP contribution in [0.15, 0.2) is 35.2 Å². The highest BCUT2D eigenvalue weighted by molar-refractivity contribution is 7.89. The highest BCUT2D eigenvalue weighted by Crippen LogP contribution is 2.25. The monoisotopic (exact) mass is 339 g/mol. The van der Waals surface area contributed by atoms with Gasteiger partial charge in [-0.15, -0.1) is 0 Å². The Morgan fingerprint density at radius 2 is 2.04 bits per heavy atom. The molecule has 23 heavy (non-hydrogen) atoms. The summed E-state index contributed by atoms with van der Waals surface area (Å²) in [6.07, 6.45) is 2.85. The summed E-state index contributed by atoms with van der Waals surface area (Å²) >= 11 is 0. The third-order valence-electron chi connectivity index (χ3n) is 4.01. The minimum Gasteiger partial charge on any atom is -0.355 e. The van der Waals surface area contributed by atoms with Crippen molar-refractivity contribution in [3.05, 3.63) is 30.3 Å². The summed E-state index contributed by atoms with van der Waals surface area (Å²) in [5.74, 6) is -0.232. The largest absolute Gasteiger partial charge is 0.355 e. The standard InChI is InChI=1S/C16H25N3O3S/c1-13(17)10-11-18-16(20)15-9-5-6-12-19(15)23(21,22)14-7-3-2-4-8-14/h2-4,7-8,13,15H,5-6,9-12,17H2,1H3,(H,18,20). The van der Waals surface area contributed by atoms with Gasteiger partial charge in [-0.05, 0) is 38.3 Å². The fourth-order valence-electron chi connectivity index (χ4n) is 2.72. The van der Waals surface area contributed by atoms with E-state index in [-0.39, 0.29) is 16.8 Å². The molecule has 2 rings (SSSR count). The molecule has 1 saturated heterocycles. The third kappa shape index (κ3) is 4.53. The first-order chi connectivity index (χ1) is 10.9. The Balaban J connectivity index is 2.13. The van der Waals surface area contributed by atoms with Crippen molar-refractivity contribution in [2.24, 2.45) is 5.73 Å². The van der Waals surface area contributed by atoms with E-state index in [2.05, 4.69) is 5.32 Å². The summed E-state index contributed by atoms with van der Waals surface area (Å²) in [6.45, 7) is 2.72. The maximum Gasteiger partial charge on any atom is 0.243 e. The number of amides is 1. The van der Waals surface area contributed by atoms with Crippen LogP contribution in [0.5, 0.6) is 0 Å². The van der Waals surface area contributed by atoms with Crippen molar-refractivity contribution >= 4 is 15.9 Å². The Kier molecular flexibility index (Phi) is 6.15. The highest BCUT2D eigenvalue weighted by atomic mass is 32.2. The predicted molar refractivity (Wildman–Crippen MR) is 89.2 cm³/mol. The predicted octanol–water partition coefficient (Wildman–Crippen LogP) is 1.08. The molecule has 1 amide bonds. The Hall–Kier alpha value is -1.44. The number of carbonyl (C=O) groups is 1. The number of hydrogen-bond acceptors (Lipinski definition) is 4. The van der Waals surface area contributed by atoms with Gasteiger partial charge in [0.05, 0.1) is 4.90 Å². The van der Waals surface area contributed by atoms with E-state index < -0.39 is 16.1 Å². The summed E-state index contributed by atoms with van der Waals surface area (Å²) in [5, 5.41) is 2.81. The quantitative estimate of drug-likeness (QED) is 0.811. The molecule has 6 nitrogen and oxygen atoms in total. The second kappa shape index (κ2) is 7.90. The van der Waals surface area contributed by atoms with Crippen LogP contribution in [0, 0.1) is 0 Å². The van der Waals surface area contributed by atoms with E-state index in [4.69, 9.17) is 5.73 Å². The molecule has 2 atom stereocenters. The number of nitrogens with one attached hydrogen (secondary N) is 1. The maximum absolute atomic E-state index is 12.8. The molecule has 1 aromatic carbocycles. The number of benzene rings is 1. The minimum atomic E-state index is -3.65. The van der Waals surface area contributed by atoms with Gasteiger partial charge in [0, 0.05) is 19.1 Å². The summed E-state index contributed by atoms with van der Waals surface area (Å²) in [7, 11) is -3.65. The van der Waals surface area contributed by atoms with Crippen molar-refractivity contribution in [2.75, 3.05) is 13.1 Å². The summed E-state index contributed by atoms with van der Waals surface area (Å²) < 4.78 is 27.0. The van der Waals surface area contributed by atoms with Gasteiger partial charge in [-0.3, -0.25) is 4.79 Å². The average molecular weight is 339 g/mol. The van der Waals surface area contributed by atoms with Crippen molar-refractivity contribution in [3.8, 4) is 0 Å². The van der Waals surface area contributed by atoms with Crippen LogP contribution < -0.4 is 11.1 Å². The van der Waals surface area contributed by atoms with Crippen LogP contribution in [-0.4, -0.2) is 43.8 Å². The van der Waals surface area contributed by atoms with Crippen molar-refractivity contribution < 1.29 is 13.2 Å². The molecule has 0 spiro atoms. The van der Waals surface area contributed by atoms with Gasteiger partial charge in [0.1, 0.15) is 6.04 Å². The van der Waals surface area contributed by atoms with Crippen LogP contribution in [0.3, 0.4) is 0 Å². The van der Waals surface area contributed by atoms with E-state index in [0.717, 1.165) is 12.8 Å². The molecule has 1 heterocycles. The molecule has 1 aliphatic heterocycles. The van der Waals surface area contributed by atoms with Crippen molar-refractivity contribution in [1.82, 2.24) is 9.62 Å². The van der Waals surface area contributed by atoms with E-state index in [1.54, 1.807) is 30.3 Å². The molecular weight excluding hydrogens is 314 g/mol. The molecule has 128 valence electrons. The molecule has 1 aliphatic rings. The number of hydrogen-bond donors (Lipinski definition) is 2. The lowest BCUT2D eigenvalue weighted by Gasteiger charge is -2.33. The van der Waals surface area contributed by atoms with Gasteiger partial charge < -0.3 is 11.1 Å². The topological polar surface area (TPSA) is 92.5 Å². The number of piperidine rings is 1. The van der Waals surface area contributed by atoms with Crippen LogP contribution in [0.2, 0.25) is 0 Å². The van der Waals surface area contributed by atoms with Gasteiger partial charge in [0.2, 0.25) is 15.9 Å². The third-order valence-corrected chi connectivity index (χ3v) is 5.93. The van der Waals surface area contributed by atoms with Crippen molar-refractivity contribution in [2.45, 2.75) is 49.6 Å². The second-order valence-corrected chi connectivity index (χ2v) is 7.89. The normalized spacial score (nSPS) is 20.9. The number of nitrogens with zero attached hydrogens (tertiary/aromatic N) is 1. The number of carbonyl (C=O) groups excluding carboxylic acids is 1. The van der Waals surface area contributed by atoms with E-state index in [9.17, 15) is 13.2 Å². The van der Waals surface area contributed by atoms with E-state index in [1.165, 1.54) is 4.31 Å². The van der Waals surface area contributed by atoms with Crippen LogP contribution >= 0.6 is 0 Å². The van der Waals surface area contributed by atoms with Crippen LogP contribution in [-0.2, 0) is 14.8 Å². The smallest absolute Gasteiger partial charge is 0.243 e. The lowest BCUT2D eigenvalue weighted by atomic mass is 10.0. The first kappa shape index (κ1) is 17.9. The number of nitrogens with two attached hydrogens (primary N) is 1. The molecule has 0 bridgehead atoms. The molecular formula is C16H25N3O3S. The summed E-state index contributed by atoms with van der Waals surface area (Å²) in [6, 6.07) is 7.65. The highest BCUT2D eigenvalue weighted by Gasteiger charge is 2.37. The van der Waals surface area contributed by atoms with Gasteiger partial charge in [-0.2, -0.15) is 4.31 Å². The Bertz CT molecular complexity index is 617. The van der Waals surface area contributed by atoms with Gasteiger partial charge in [0.25, 0.3) is 0 Å². The Morgan fingerprint density at radius 3 is 2.70 bits per heavy atom. The van der Waals surface area contributed by atoms with Gasteiger partial charge in [-0.1, -0.05) is 24.6 Å². The van der Waals surface area contributed by atoms with E-state index in [0.29, 0.717) is 25.9 Å². The van der Waals surface area contributed by atoms with Crippen molar-refractivity contribution in [3.63, 3.8) is 0 Å². The SMILES string of the molecule is CC(N)CCNC(=O)C1CCCCN1S(=O)(=O)c1ccccc1. The maximum atomic E-state index is 12.8. The zero-order chi connectivity index (χ0) is 16.9. The molecule has 2 unspecified atom stereocenters. The van der Waals surface area contributed by atoms with Crippen LogP contribution in [0.1, 0.15) is 32.6 Å². The molecule has 0 saturated carbocycles. The van der Waals surface area contributed by atoms with Gasteiger partial charge in [0.15, 0.2) is 0 Å². The average Bonchev–Trinajstić information content (AvgIpc) is 2.55. The lowest BCUT2D eigenvalue weighted by Crippen LogP contribution is -2.52. The fourth-order valence-corrected chi connectivity index (χ4v) is 4.40. The fraction of sp³-hybridized carbons (Fsp3) is 0.562. The summed E-state index contributed by atoms with van der Waals surface area (Å²) in [5.41, 5.74) is 5.67. The van der Waals surface area contributed by atoms with Gasteiger partial charge >= 0.3 is 0 Å². The lowest BCUT2D eigenvalue weighted by molar-refractivity contribution is -0.125. The van der Waals surface area contributed by atoms with Crippen LogP contribution in [0.4, 0.5) is 0 Å². The first-order valence-electron chi connectivity index (χ1n) is 8.03. The number of rotatable bonds is 6. The molecule has 0 aliphatic carbocycles. The molecule has 0 radical (unpaired) electrons. The number of sulfonamides is 1. The molecule has 7 heteroatoms. The van der Waals surface area contributed by atoms with Crippen molar-refractivity contribution in [1.29, 1.82) is 0 Å². The first-order valence-corrected chi connectivity index (χ1v) is 9.47. The molecule has 1 fully saturated rings. The summed E-state index contributed by atoms with van der Waals surface area (Å²) in [4.78, 5) is 12.6. The molecule has 3 N–H and O–H groups in total. The molecule has 0 aromatic heterocycles. The Labute approximate surface area is 138 Å². The van der Waals surface area contributed by atoms with Crippen LogP contribution in [0.25, 0.3) is 0 Å². The van der Waals surface area contributed by atoms with E-state index in [1.807, 2.05) is 6.92 Å². The zero-order valence-electron chi connectivity index (χ0n) is 13.4. The minimum absolute atomic E-state index is 0.00538. The Morgan fingerprint density at radius 1 is 1.35 bits per heavy atom. The zero-order valence-corrected chi connectivity index (χ0v) is 14.3. The van der Waals surface area contributed by atoms with Gasteiger partial charge in [-0.25, -0.2) is 8.42 Å². The second-order valence-electron chi connectivity index (χ2n) is 6.00.